The summed E-state index contributed by atoms with van der Waals surface area (Å²) < 4.78 is 12.6. The normalized spacial score (nSPS) is 11.0. The van der Waals surface area contributed by atoms with Gasteiger partial charge in [-0.15, -0.1) is 0 Å². The number of aromatic amines is 1. The summed E-state index contributed by atoms with van der Waals surface area (Å²) in [5.41, 5.74) is 1.49. The van der Waals surface area contributed by atoms with Crippen LogP contribution in [-0.2, 0) is 6.54 Å². The first-order chi connectivity index (χ1) is 11.7. The van der Waals surface area contributed by atoms with Crippen LogP contribution in [0, 0.1) is 5.41 Å². The third kappa shape index (κ3) is 3.27. The third-order valence-electron chi connectivity index (χ3n) is 3.40. The van der Waals surface area contributed by atoms with Crippen molar-refractivity contribution in [2.24, 2.45) is 0 Å². The molecule has 7 nitrogen and oxygen atoms in total. The zero-order chi connectivity index (χ0) is 17.1. The molecule has 24 heavy (non-hydrogen) atoms. The van der Waals surface area contributed by atoms with Crippen LogP contribution in [-0.4, -0.2) is 39.1 Å². The molecule has 1 aromatic carbocycles. The van der Waals surface area contributed by atoms with Crippen molar-refractivity contribution in [2.45, 2.75) is 16.6 Å². The van der Waals surface area contributed by atoms with E-state index in [1.54, 1.807) is 20.5 Å². The predicted octanol–water partition coefficient (Wildman–Crippen LogP) is 2.80. The molecule has 2 N–H and O–H groups in total. The Morgan fingerprint density at radius 1 is 1.33 bits per heavy atom. The van der Waals surface area contributed by atoms with Crippen LogP contribution in [0.2, 0.25) is 0 Å². The summed E-state index contributed by atoms with van der Waals surface area (Å²) in [6.07, 6.45) is 1.63. The number of aromatic nitrogens is 4. The average Bonchev–Trinajstić information content (AvgIpc) is 3.02. The molecule has 0 bridgehead atoms. The van der Waals surface area contributed by atoms with Gasteiger partial charge in [-0.1, -0.05) is 15.9 Å². The Labute approximate surface area is 151 Å². The molecule has 0 aliphatic carbocycles. The van der Waals surface area contributed by atoms with Gasteiger partial charge in [-0.2, -0.15) is 0 Å². The number of ether oxygens (including phenoxy) is 2. The summed E-state index contributed by atoms with van der Waals surface area (Å²) >= 11 is 4.84. The number of benzene rings is 1. The molecule has 3 aromatic rings. The van der Waals surface area contributed by atoms with Crippen LogP contribution in [0.25, 0.3) is 11.2 Å². The number of H-pyrrole nitrogens is 1. The lowest BCUT2D eigenvalue weighted by atomic mass is 10.3. The number of halogens is 1. The van der Waals surface area contributed by atoms with Crippen LogP contribution >= 0.6 is 27.7 Å². The standard InChI is InChI=1S/C15H16BrN5O2S/c1-22-9-3-4-10(23-2)11(7-9)24-15-19-12-13(17)18-8-21(6-5-16)14(12)20-15/h3-4,7-8,17H,5-6H2,1-2H3,(H,19,20). The number of hydrogen-bond donors (Lipinski definition) is 2. The molecule has 0 aliphatic rings. The highest BCUT2D eigenvalue weighted by Gasteiger charge is 2.13. The molecule has 0 radical (unpaired) electrons. The molecule has 0 unspecified atom stereocenters. The van der Waals surface area contributed by atoms with Gasteiger partial charge in [0.25, 0.3) is 0 Å². The second-order valence-electron chi connectivity index (χ2n) is 4.83. The SMILES string of the molecule is COc1ccc(OC)c(Sc2nc3c([nH]2)c(=N)ncn3CCBr)c1. The van der Waals surface area contributed by atoms with Crippen molar-refractivity contribution in [3.63, 3.8) is 0 Å². The van der Waals surface area contributed by atoms with Gasteiger partial charge < -0.3 is 19.0 Å². The summed E-state index contributed by atoms with van der Waals surface area (Å²) in [7, 11) is 3.25. The number of fused-ring (bicyclic) bond motifs is 1. The van der Waals surface area contributed by atoms with Gasteiger partial charge in [-0.25, -0.2) is 9.97 Å². The second kappa shape index (κ2) is 7.27. The maximum Gasteiger partial charge on any atom is 0.173 e. The Bertz CT molecular complexity index is 924. The number of hydrogen-bond acceptors (Lipinski definition) is 6. The topological polar surface area (TPSA) is 88.8 Å². The van der Waals surface area contributed by atoms with Gasteiger partial charge in [-0.3, -0.25) is 5.41 Å². The van der Waals surface area contributed by atoms with Gasteiger partial charge in [0.1, 0.15) is 17.0 Å². The Kier molecular flexibility index (Phi) is 5.10. The van der Waals surface area contributed by atoms with Crippen LogP contribution in [0.4, 0.5) is 0 Å². The molecular formula is C15H16BrN5O2S. The molecule has 0 amide bonds. The zero-order valence-electron chi connectivity index (χ0n) is 13.2. The second-order valence-corrected chi connectivity index (χ2v) is 6.66. The van der Waals surface area contributed by atoms with Crippen LogP contribution in [0.3, 0.4) is 0 Å². The Morgan fingerprint density at radius 3 is 2.88 bits per heavy atom. The summed E-state index contributed by atoms with van der Waals surface area (Å²) in [6.45, 7) is 0.723. The smallest absolute Gasteiger partial charge is 0.173 e. The summed E-state index contributed by atoms with van der Waals surface area (Å²) in [6, 6.07) is 5.59. The largest absolute Gasteiger partial charge is 0.497 e. The van der Waals surface area contributed by atoms with Gasteiger partial charge in [0.15, 0.2) is 16.3 Å². The predicted molar refractivity (Wildman–Crippen MR) is 95.2 cm³/mol. The van der Waals surface area contributed by atoms with Crippen molar-refractivity contribution in [3.05, 3.63) is 30.0 Å². The third-order valence-corrected chi connectivity index (χ3v) is 4.68. The van der Waals surface area contributed by atoms with Crippen molar-refractivity contribution < 1.29 is 9.47 Å². The van der Waals surface area contributed by atoms with E-state index < -0.39 is 0 Å². The Balaban J connectivity index is 2.03. The lowest BCUT2D eigenvalue weighted by molar-refractivity contribution is 0.394. The van der Waals surface area contributed by atoms with E-state index in [9.17, 15) is 0 Å². The monoisotopic (exact) mass is 409 g/mol. The molecule has 126 valence electrons. The van der Waals surface area contributed by atoms with Crippen LogP contribution in [0.5, 0.6) is 11.5 Å². The first-order valence-electron chi connectivity index (χ1n) is 7.12. The number of rotatable bonds is 6. The molecule has 0 saturated heterocycles. The molecule has 9 heteroatoms. The minimum absolute atomic E-state index is 0.174. The lowest BCUT2D eigenvalue weighted by Gasteiger charge is -2.08. The van der Waals surface area contributed by atoms with E-state index in [1.165, 1.54) is 11.8 Å². The fourth-order valence-electron chi connectivity index (χ4n) is 2.23. The molecule has 2 heterocycles. The number of imidazole rings is 1. The molecule has 3 rings (SSSR count). The molecule has 2 aromatic heterocycles. The maximum absolute atomic E-state index is 7.97. The van der Waals surface area contributed by atoms with Gasteiger partial charge >= 0.3 is 0 Å². The highest BCUT2D eigenvalue weighted by Crippen LogP contribution is 2.36. The van der Waals surface area contributed by atoms with Gasteiger partial charge in [0.2, 0.25) is 0 Å². The van der Waals surface area contributed by atoms with Crippen molar-refractivity contribution in [1.29, 1.82) is 5.41 Å². The minimum Gasteiger partial charge on any atom is -0.497 e. The van der Waals surface area contributed by atoms with Gasteiger partial charge in [-0.05, 0) is 30.0 Å². The molecule has 0 atom stereocenters. The van der Waals surface area contributed by atoms with E-state index in [4.69, 9.17) is 14.9 Å². The van der Waals surface area contributed by atoms with Gasteiger partial charge in [0, 0.05) is 11.9 Å². The summed E-state index contributed by atoms with van der Waals surface area (Å²) in [4.78, 5) is 12.7. The van der Waals surface area contributed by atoms with Crippen LogP contribution in [0.15, 0.2) is 34.6 Å². The highest BCUT2D eigenvalue weighted by molar-refractivity contribution is 9.09. The molecular weight excluding hydrogens is 394 g/mol. The van der Waals surface area contributed by atoms with Gasteiger partial charge in [0.05, 0.1) is 25.4 Å². The zero-order valence-corrected chi connectivity index (χ0v) is 15.6. The summed E-state index contributed by atoms with van der Waals surface area (Å²) in [5.74, 6) is 1.48. The molecule has 0 spiro atoms. The quantitative estimate of drug-likeness (QED) is 0.610. The lowest BCUT2D eigenvalue weighted by Crippen LogP contribution is -2.13. The number of nitrogens with zero attached hydrogens (tertiary/aromatic N) is 3. The highest BCUT2D eigenvalue weighted by atomic mass is 79.9. The van der Waals surface area contributed by atoms with E-state index >= 15 is 0 Å². The fourth-order valence-corrected chi connectivity index (χ4v) is 3.54. The first kappa shape index (κ1) is 16.8. The number of nitrogens with one attached hydrogen (secondary N) is 2. The summed E-state index contributed by atoms with van der Waals surface area (Å²) in [5, 5.41) is 9.42. The number of methoxy groups -OCH3 is 2. The maximum atomic E-state index is 7.97. The molecule has 0 saturated carbocycles. The van der Waals surface area contributed by atoms with E-state index in [0.717, 1.165) is 28.3 Å². The minimum atomic E-state index is 0.174. The number of aryl methyl sites for hydroxylation is 1. The van der Waals surface area contributed by atoms with Crippen molar-refractivity contribution in [3.8, 4) is 11.5 Å². The van der Waals surface area contributed by atoms with E-state index in [0.29, 0.717) is 16.3 Å². The Hall–Kier alpha value is -2.00. The van der Waals surface area contributed by atoms with Crippen molar-refractivity contribution in [1.82, 2.24) is 19.5 Å². The van der Waals surface area contributed by atoms with Crippen molar-refractivity contribution in [2.75, 3.05) is 19.5 Å². The average molecular weight is 410 g/mol. The fraction of sp³-hybridized carbons (Fsp3) is 0.267. The number of alkyl halides is 1. The van der Waals surface area contributed by atoms with E-state index in [2.05, 4.69) is 30.9 Å². The molecule has 0 aliphatic heterocycles. The molecule has 0 fully saturated rings. The Morgan fingerprint density at radius 2 is 2.17 bits per heavy atom. The first-order valence-corrected chi connectivity index (χ1v) is 9.05. The van der Waals surface area contributed by atoms with E-state index in [-0.39, 0.29) is 5.49 Å². The van der Waals surface area contributed by atoms with Crippen LogP contribution in [0.1, 0.15) is 0 Å². The van der Waals surface area contributed by atoms with Crippen LogP contribution < -0.4 is 15.0 Å². The van der Waals surface area contributed by atoms with E-state index in [1.807, 2.05) is 22.8 Å². The van der Waals surface area contributed by atoms with Crippen molar-refractivity contribution >= 4 is 38.9 Å².